The fraction of sp³-hybridized carbons (Fsp3) is 1.00. The molecular formula is C35H75IO3P2. The van der Waals surface area contributed by atoms with Crippen LogP contribution >= 0.6 is 33.9 Å². The van der Waals surface area contributed by atoms with Crippen LogP contribution in [0, 0.1) is 0 Å². The van der Waals surface area contributed by atoms with E-state index >= 15 is 0 Å². The standard InChI is InChI=1S/C35H75IO3P2/c1-6-9-12-14-16-18-20-22-24-26-28-30-32-38-40(37,35-41(4,5,36)34-11-8-3)39-33-31-29-27-25-23-21-19-17-15-13-10-7-2/h6-35H2,1-5H3. The minimum Gasteiger partial charge on any atom is -0.0654 e. The first-order valence-electron chi connectivity index (χ1n) is 18.3. The average molecular weight is 733 g/mol. The van der Waals surface area contributed by atoms with Crippen LogP contribution in [0.3, 0.4) is 0 Å². The van der Waals surface area contributed by atoms with Crippen molar-refractivity contribution in [1.82, 2.24) is 0 Å². The Kier molecular flexibility index (Phi) is 28.5. The molecule has 0 aromatic heterocycles. The second-order valence-electron chi connectivity index (χ2n) is 13.8. The van der Waals surface area contributed by atoms with Gasteiger partial charge in [0, 0.05) is 0 Å². The molecule has 41 heavy (non-hydrogen) atoms. The van der Waals surface area contributed by atoms with Gasteiger partial charge < -0.3 is 0 Å². The summed E-state index contributed by atoms with van der Waals surface area (Å²) in [5.74, 6) is 0.635. The van der Waals surface area contributed by atoms with E-state index in [0.717, 1.165) is 19.0 Å². The molecule has 0 fully saturated rings. The van der Waals surface area contributed by atoms with Crippen molar-refractivity contribution in [3.05, 3.63) is 0 Å². The Morgan fingerprint density at radius 1 is 0.463 bits per heavy atom. The van der Waals surface area contributed by atoms with Gasteiger partial charge in [0.25, 0.3) is 0 Å². The molecule has 0 aliphatic rings. The molecule has 0 bridgehead atoms. The van der Waals surface area contributed by atoms with Crippen LogP contribution in [-0.4, -0.2) is 38.6 Å². The van der Waals surface area contributed by atoms with Crippen molar-refractivity contribution in [3.63, 3.8) is 0 Å². The van der Waals surface area contributed by atoms with Gasteiger partial charge in [-0.3, -0.25) is 0 Å². The zero-order valence-corrected chi connectivity index (χ0v) is 32.7. The summed E-state index contributed by atoms with van der Waals surface area (Å²) in [5, 5.41) is 0. The van der Waals surface area contributed by atoms with Crippen LogP contribution in [0.5, 0.6) is 0 Å². The van der Waals surface area contributed by atoms with E-state index in [1.54, 1.807) is 0 Å². The SMILES string of the molecule is CCCCCCCCCCCCCCOP(=O)(CP(C)(C)(I)CCCC)OCCCCCCCCCCCCCC. The Morgan fingerprint density at radius 2 is 0.732 bits per heavy atom. The van der Waals surface area contributed by atoms with Gasteiger partial charge >= 0.3 is 209 Å². The molecule has 0 N–H and O–H groups in total. The van der Waals surface area contributed by atoms with Crippen LogP contribution in [0.2, 0.25) is 0 Å². The summed E-state index contributed by atoms with van der Waals surface area (Å²) in [6, 6.07) is 0. The fourth-order valence-corrected chi connectivity index (χ4v) is 17.7. The Morgan fingerprint density at radius 3 is 1.02 bits per heavy atom. The van der Waals surface area contributed by atoms with E-state index < -0.39 is 11.8 Å². The van der Waals surface area contributed by atoms with Crippen LogP contribution in [0.1, 0.15) is 188 Å². The minimum absolute atomic E-state index is 0.587. The molecule has 0 unspecified atom stereocenters. The van der Waals surface area contributed by atoms with Gasteiger partial charge in [-0.15, -0.1) is 0 Å². The van der Waals surface area contributed by atoms with Crippen molar-refractivity contribution in [2.75, 3.05) is 38.6 Å². The van der Waals surface area contributed by atoms with Gasteiger partial charge in [-0.25, -0.2) is 0 Å². The third-order valence-corrected chi connectivity index (χ3v) is 20.3. The predicted molar refractivity (Wildman–Crippen MR) is 199 cm³/mol. The summed E-state index contributed by atoms with van der Waals surface area (Å²) in [6.45, 7) is 12.7. The van der Waals surface area contributed by atoms with Gasteiger partial charge in [0.05, 0.1) is 0 Å². The van der Waals surface area contributed by atoms with Crippen molar-refractivity contribution in [3.8, 4) is 0 Å². The average Bonchev–Trinajstić information content (AvgIpc) is 2.92. The van der Waals surface area contributed by atoms with Crippen molar-refractivity contribution in [2.24, 2.45) is 0 Å². The molecule has 0 atom stereocenters. The Bertz CT molecular complexity index is 572. The van der Waals surface area contributed by atoms with Crippen LogP contribution < -0.4 is 0 Å². The molecule has 0 rings (SSSR count). The zero-order chi connectivity index (χ0) is 30.6. The summed E-state index contributed by atoms with van der Waals surface area (Å²) in [4.78, 5) is 0. The van der Waals surface area contributed by atoms with E-state index in [4.69, 9.17) is 9.05 Å². The Balaban J connectivity index is 4.24. The van der Waals surface area contributed by atoms with Crippen molar-refractivity contribution in [2.45, 2.75) is 188 Å². The minimum atomic E-state index is -3.06. The molecule has 0 aromatic carbocycles. The Hall–Kier alpha value is 1.31. The summed E-state index contributed by atoms with van der Waals surface area (Å²) >= 11 is 2.66. The molecule has 3 nitrogen and oxygen atoms in total. The molecule has 6 heteroatoms. The smallest absolute Gasteiger partial charge is 0.0654 e. The molecule has 0 spiro atoms. The number of hydrogen-bond acceptors (Lipinski definition) is 3. The van der Waals surface area contributed by atoms with Gasteiger partial charge in [-0.1, -0.05) is 65.2 Å². The molecule has 0 saturated heterocycles. The molecule has 250 valence electrons. The van der Waals surface area contributed by atoms with Gasteiger partial charge in [-0.2, -0.15) is 0 Å². The maximum atomic E-state index is 14.0. The summed E-state index contributed by atoms with van der Waals surface area (Å²) in [7, 11) is -3.06. The van der Waals surface area contributed by atoms with E-state index in [1.807, 2.05) is 0 Å². The third kappa shape index (κ3) is 29.8. The van der Waals surface area contributed by atoms with E-state index in [1.165, 1.54) is 154 Å². The number of unbranched alkanes of at least 4 members (excludes halogenated alkanes) is 23. The van der Waals surface area contributed by atoms with Gasteiger partial charge in [-0.05, 0) is 0 Å². The molecule has 0 radical (unpaired) electrons. The number of rotatable bonds is 33. The fourth-order valence-electron chi connectivity index (χ4n) is 5.66. The molecule has 0 aliphatic carbocycles. The molecule has 0 amide bonds. The monoisotopic (exact) mass is 732 g/mol. The van der Waals surface area contributed by atoms with Gasteiger partial charge in [0.2, 0.25) is 0 Å². The maximum absolute atomic E-state index is 14.0. The second-order valence-corrected chi connectivity index (χ2v) is 32.0. The molecule has 0 saturated carbocycles. The first-order chi connectivity index (χ1) is 19.7. The van der Waals surface area contributed by atoms with E-state index in [0.29, 0.717) is 19.1 Å². The summed E-state index contributed by atoms with van der Waals surface area (Å²) in [6.07, 6.45) is 35.4. The first-order valence-corrected chi connectivity index (χ1v) is 26.3. The Labute approximate surface area is 272 Å². The van der Waals surface area contributed by atoms with Crippen LogP contribution in [-0.2, 0) is 13.6 Å². The first kappa shape index (κ1) is 42.3. The van der Waals surface area contributed by atoms with E-state index in [2.05, 4.69) is 56.1 Å². The van der Waals surface area contributed by atoms with Crippen LogP contribution in [0.25, 0.3) is 0 Å². The predicted octanol–water partition coefficient (Wildman–Crippen LogP) is 14.5. The number of hydrogen-bond donors (Lipinski definition) is 0. The third-order valence-electron chi connectivity index (χ3n) is 8.38. The molecular weight excluding hydrogens is 657 g/mol. The van der Waals surface area contributed by atoms with Crippen LogP contribution in [0.4, 0.5) is 0 Å². The molecule has 0 heterocycles. The van der Waals surface area contributed by atoms with Crippen molar-refractivity contribution < 1.29 is 13.6 Å². The normalized spacial score (nSPS) is 13.5. The van der Waals surface area contributed by atoms with E-state index in [9.17, 15) is 4.57 Å². The molecule has 0 aromatic rings. The second kappa shape index (κ2) is 27.6. The van der Waals surface area contributed by atoms with Gasteiger partial charge in [0.15, 0.2) is 0 Å². The van der Waals surface area contributed by atoms with Gasteiger partial charge in [0.1, 0.15) is 0 Å². The topological polar surface area (TPSA) is 35.5 Å². The summed E-state index contributed by atoms with van der Waals surface area (Å²) < 4.78 is 24.2. The zero-order valence-electron chi connectivity index (χ0n) is 28.7. The van der Waals surface area contributed by atoms with E-state index in [-0.39, 0.29) is 0 Å². The van der Waals surface area contributed by atoms with Crippen molar-refractivity contribution in [1.29, 1.82) is 0 Å². The van der Waals surface area contributed by atoms with Crippen molar-refractivity contribution >= 4 is 33.9 Å². The molecule has 0 aliphatic heterocycles. The summed E-state index contributed by atoms with van der Waals surface area (Å²) in [5.41, 5.74) is 0. The number of halogens is 1. The van der Waals surface area contributed by atoms with Crippen LogP contribution in [0.15, 0.2) is 0 Å². The quantitative estimate of drug-likeness (QED) is 0.0383.